The van der Waals surface area contributed by atoms with Crippen LogP contribution in [0.1, 0.15) is 55.6 Å². The van der Waals surface area contributed by atoms with E-state index in [9.17, 15) is 14.4 Å². The summed E-state index contributed by atoms with van der Waals surface area (Å²) in [5.74, 6) is 1.20. The molecule has 2 aliphatic carbocycles. The summed E-state index contributed by atoms with van der Waals surface area (Å²) < 4.78 is 13.2. The number of carbonyl (C=O) groups is 3. The van der Waals surface area contributed by atoms with Crippen molar-refractivity contribution in [2.45, 2.75) is 51.4 Å². The first-order chi connectivity index (χ1) is 17.3. The molecule has 1 aliphatic heterocycles. The van der Waals surface area contributed by atoms with Gasteiger partial charge in [-0.15, -0.1) is 0 Å². The van der Waals surface area contributed by atoms with E-state index >= 15 is 0 Å². The zero-order valence-electron chi connectivity index (χ0n) is 19.8. The van der Waals surface area contributed by atoms with Gasteiger partial charge in [0.25, 0.3) is 5.91 Å². The van der Waals surface area contributed by atoms with Crippen LogP contribution >= 0.6 is 31.9 Å². The molecule has 1 heterocycles. The van der Waals surface area contributed by atoms with Crippen LogP contribution in [0.5, 0.6) is 5.75 Å². The van der Waals surface area contributed by atoms with Crippen LogP contribution < -0.4 is 10.1 Å². The van der Waals surface area contributed by atoms with Gasteiger partial charge in [0.05, 0.1) is 8.95 Å². The first kappa shape index (κ1) is 25.0. The van der Waals surface area contributed by atoms with Crippen molar-refractivity contribution in [3.05, 3.63) is 79.1 Å². The number of aryl methyl sites for hydroxylation is 1. The van der Waals surface area contributed by atoms with E-state index in [0.29, 0.717) is 63.0 Å². The Labute approximate surface area is 226 Å². The van der Waals surface area contributed by atoms with Gasteiger partial charge in [-0.05, 0) is 81.0 Å². The fourth-order valence-corrected chi connectivity index (χ4v) is 6.52. The number of allylic oxidation sites excluding steroid dienone is 4. The van der Waals surface area contributed by atoms with E-state index in [-0.39, 0.29) is 24.1 Å². The van der Waals surface area contributed by atoms with Crippen molar-refractivity contribution in [2.75, 3.05) is 11.9 Å². The summed E-state index contributed by atoms with van der Waals surface area (Å²) in [5.41, 5.74) is 3.70. The van der Waals surface area contributed by atoms with Crippen molar-refractivity contribution in [2.24, 2.45) is 0 Å². The highest BCUT2D eigenvalue weighted by atomic mass is 79.9. The SMILES string of the molecule is Cc1ccccc1NC(=O)COc1c(Br)cc(C2C3=C(CCCC3=O)OC3=C2C(=O)CCC3)cc1Br. The average Bonchev–Trinajstić information content (AvgIpc) is 2.84. The molecule has 6 nitrogen and oxygen atoms in total. The molecule has 5 rings (SSSR count). The van der Waals surface area contributed by atoms with Crippen molar-refractivity contribution < 1.29 is 23.9 Å². The molecule has 0 spiro atoms. The van der Waals surface area contributed by atoms with Gasteiger partial charge in [0.15, 0.2) is 18.2 Å². The van der Waals surface area contributed by atoms with E-state index in [4.69, 9.17) is 9.47 Å². The number of ketones is 2. The van der Waals surface area contributed by atoms with Gasteiger partial charge in [0.1, 0.15) is 17.3 Å². The van der Waals surface area contributed by atoms with Crippen LogP contribution in [0.25, 0.3) is 0 Å². The lowest BCUT2D eigenvalue weighted by molar-refractivity contribution is -0.119. The van der Waals surface area contributed by atoms with Gasteiger partial charge >= 0.3 is 0 Å². The molecule has 0 unspecified atom stereocenters. The van der Waals surface area contributed by atoms with E-state index in [1.807, 2.05) is 43.3 Å². The Morgan fingerprint density at radius 1 is 0.972 bits per heavy atom. The number of para-hydroxylation sites is 1. The molecule has 0 fully saturated rings. The molecule has 186 valence electrons. The molecule has 0 saturated heterocycles. The smallest absolute Gasteiger partial charge is 0.262 e. The summed E-state index contributed by atoms with van der Waals surface area (Å²) in [5, 5.41) is 2.86. The second-order valence-electron chi connectivity index (χ2n) is 9.23. The van der Waals surface area contributed by atoms with Crippen molar-refractivity contribution in [1.29, 1.82) is 0 Å². The highest BCUT2D eigenvalue weighted by molar-refractivity contribution is 9.11. The Hall–Kier alpha value is -2.71. The number of rotatable bonds is 5. The monoisotopic (exact) mass is 613 g/mol. The summed E-state index contributed by atoms with van der Waals surface area (Å²) in [4.78, 5) is 38.5. The third kappa shape index (κ3) is 4.81. The summed E-state index contributed by atoms with van der Waals surface area (Å²) in [7, 11) is 0. The summed E-state index contributed by atoms with van der Waals surface area (Å²) in [6.07, 6.45) is 3.81. The summed E-state index contributed by atoms with van der Waals surface area (Å²) in [6, 6.07) is 11.3. The number of anilines is 1. The molecule has 0 bridgehead atoms. The van der Waals surface area contributed by atoms with Gasteiger partial charge in [-0.2, -0.15) is 0 Å². The van der Waals surface area contributed by atoms with Crippen LogP contribution in [0.3, 0.4) is 0 Å². The predicted octanol–water partition coefficient (Wildman–Crippen LogP) is 6.67. The zero-order chi connectivity index (χ0) is 25.4. The molecule has 0 radical (unpaired) electrons. The van der Waals surface area contributed by atoms with Gasteiger partial charge in [0.2, 0.25) is 0 Å². The maximum absolute atomic E-state index is 13.0. The van der Waals surface area contributed by atoms with E-state index in [1.165, 1.54) is 0 Å². The minimum atomic E-state index is -0.463. The fraction of sp³-hybridized carbons (Fsp3) is 0.321. The maximum Gasteiger partial charge on any atom is 0.262 e. The first-order valence-electron chi connectivity index (χ1n) is 12.0. The molecule has 2 aromatic carbocycles. The molecule has 0 aromatic heterocycles. The predicted molar refractivity (Wildman–Crippen MR) is 143 cm³/mol. The molecule has 8 heteroatoms. The van der Waals surface area contributed by atoms with Crippen LogP contribution in [-0.2, 0) is 19.1 Å². The molecule has 0 saturated carbocycles. The number of carbonyl (C=O) groups excluding carboxylic acids is 3. The third-order valence-corrected chi connectivity index (χ3v) is 7.94. The Kier molecular flexibility index (Phi) is 7.17. The second-order valence-corrected chi connectivity index (χ2v) is 10.9. The lowest BCUT2D eigenvalue weighted by atomic mass is 9.73. The molecule has 36 heavy (non-hydrogen) atoms. The Morgan fingerprint density at radius 3 is 2.14 bits per heavy atom. The van der Waals surface area contributed by atoms with Crippen LogP contribution in [0, 0.1) is 6.92 Å². The van der Waals surface area contributed by atoms with Gasteiger partial charge in [-0.25, -0.2) is 0 Å². The average molecular weight is 615 g/mol. The molecular formula is C28H25Br2NO5. The van der Waals surface area contributed by atoms with Gasteiger partial charge < -0.3 is 14.8 Å². The van der Waals surface area contributed by atoms with E-state index in [2.05, 4.69) is 37.2 Å². The number of Topliss-reactive ketones (excluding diaryl/α,β-unsaturated/α-hetero) is 2. The third-order valence-electron chi connectivity index (χ3n) is 6.76. The van der Waals surface area contributed by atoms with Crippen molar-refractivity contribution >= 4 is 55.0 Å². The normalized spacial score (nSPS) is 18.0. The molecular weight excluding hydrogens is 590 g/mol. The van der Waals surface area contributed by atoms with Gasteiger partial charge in [-0.1, -0.05) is 18.2 Å². The Morgan fingerprint density at radius 2 is 1.56 bits per heavy atom. The first-order valence-corrected chi connectivity index (χ1v) is 13.6. The van der Waals surface area contributed by atoms with E-state index < -0.39 is 5.92 Å². The molecule has 2 aromatic rings. The van der Waals surface area contributed by atoms with E-state index in [0.717, 1.165) is 29.7 Å². The summed E-state index contributed by atoms with van der Waals surface area (Å²) >= 11 is 7.16. The Balaban J connectivity index is 1.43. The molecule has 3 aliphatic rings. The lowest BCUT2D eigenvalue weighted by Gasteiger charge is -2.36. The topological polar surface area (TPSA) is 81.7 Å². The molecule has 1 N–H and O–H groups in total. The number of benzene rings is 2. The number of hydrogen-bond acceptors (Lipinski definition) is 5. The van der Waals surface area contributed by atoms with Crippen LogP contribution in [0.4, 0.5) is 5.69 Å². The Bertz CT molecular complexity index is 1280. The zero-order valence-corrected chi connectivity index (χ0v) is 23.0. The number of ether oxygens (including phenoxy) is 2. The highest BCUT2D eigenvalue weighted by Gasteiger charge is 2.42. The van der Waals surface area contributed by atoms with Gasteiger partial charge in [-0.3, -0.25) is 14.4 Å². The van der Waals surface area contributed by atoms with Crippen molar-refractivity contribution in [3.63, 3.8) is 0 Å². The number of amides is 1. The summed E-state index contributed by atoms with van der Waals surface area (Å²) in [6.45, 7) is 1.75. The molecule has 0 atom stereocenters. The van der Waals surface area contributed by atoms with Gasteiger partial charge in [0, 0.05) is 48.4 Å². The number of hydrogen-bond donors (Lipinski definition) is 1. The number of nitrogens with one attached hydrogen (secondary N) is 1. The van der Waals surface area contributed by atoms with Crippen LogP contribution in [0.15, 0.2) is 68.0 Å². The minimum absolute atomic E-state index is 0.0339. The minimum Gasteiger partial charge on any atom is -0.481 e. The second kappa shape index (κ2) is 10.3. The largest absolute Gasteiger partial charge is 0.481 e. The highest BCUT2D eigenvalue weighted by Crippen LogP contribution is 2.49. The number of halogens is 2. The standard InChI is InChI=1S/C28H25Br2NO5/c1-15-6-2-3-7-19(15)31-24(34)14-35-28-17(29)12-16(13-18(28)30)25-26-20(32)8-4-10-22(26)36-23-11-5-9-21(33)27(23)25/h2-3,6-7,12-13,25H,4-5,8-11,14H2,1H3,(H,31,34). The molecule has 1 amide bonds. The van der Waals surface area contributed by atoms with Crippen LogP contribution in [0.2, 0.25) is 0 Å². The lowest BCUT2D eigenvalue weighted by Crippen LogP contribution is -2.30. The van der Waals surface area contributed by atoms with Crippen molar-refractivity contribution in [3.8, 4) is 5.75 Å². The van der Waals surface area contributed by atoms with Crippen LogP contribution in [-0.4, -0.2) is 24.1 Å². The van der Waals surface area contributed by atoms with Crippen molar-refractivity contribution in [1.82, 2.24) is 0 Å². The van der Waals surface area contributed by atoms with E-state index in [1.54, 1.807) is 0 Å². The quantitative estimate of drug-likeness (QED) is 0.407. The fourth-order valence-electron chi connectivity index (χ4n) is 5.07. The maximum atomic E-state index is 13.0.